The normalized spacial score (nSPS) is 18.1. The fourth-order valence-corrected chi connectivity index (χ4v) is 4.03. The molecule has 0 amide bonds. The summed E-state index contributed by atoms with van der Waals surface area (Å²) < 4.78 is 12.5. The van der Waals surface area contributed by atoms with Gasteiger partial charge >= 0.3 is 5.76 Å². The molecule has 1 aliphatic heterocycles. The number of oxazole rings is 1. The Balaban J connectivity index is 1.55. The quantitative estimate of drug-likeness (QED) is 0.750. The van der Waals surface area contributed by atoms with Gasteiger partial charge in [-0.15, -0.1) is 0 Å². The van der Waals surface area contributed by atoms with Gasteiger partial charge in [-0.05, 0) is 49.2 Å². The van der Waals surface area contributed by atoms with Crippen LogP contribution in [0, 0.1) is 0 Å². The van der Waals surface area contributed by atoms with Crippen molar-refractivity contribution >= 4 is 11.1 Å². The van der Waals surface area contributed by atoms with Gasteiger partial charge in [-0.1, -0.05) is 18.2 Å². The number of nitrogens with zero attached hydrogens (tertiary/aromatic N) is 2. The average molecular weight is 368 g/mol. The molecule has 1 fully saturated rings. The first-order valence-electron chi connectivity index (χ1n) is 9.28. The molecule has 3 aromatic rings. The van der Waals surface area contributed by atoms with E-state index in [4.69, 9.17) is 9.15 Å². The number of para-hydroxylation sites is 2. The highest BCUT2D eigenvalue weighted by molar-refractivity contribution is 5.72. The van der Waals surface area contributed by atoms with Crippen LogP contribution in [0.3, 0.4) is 0 Å². The minimum atomic E-state index is -0.282. The number of hydrogen-bond donors (Lipinski definition) is 1. The van der Waals surface area contributed by atoms with Crippen LogP contribution >= 0.6 is 0 Å². The third kappa shape index (κ3) is 3.50. The third-order valence-electron chi connectivity index (χ3n) is 5.29. The van der Waals surface area contributed by atoms with E-state index in [0.29, 0.717) is 11.3 Å². The SMILES string of the molecule is COc1ccc(CN2CCC[C@@H](n3c(=O)oc4ccccc43)C2)cc1CO. The minimum Gasteiger partial charge on any atom is -0.496 e. The minimum absolute atomic E-state index is 0.0456. The summed E-state index contributed by atoms with van der Waals surface area (Å²) >= 11 is 0. The highest BCUT2D eigenvalue weighted by Gasteiger charge is 2.25. The predicted octanol–water partition coefficient (Wildman–Crippen LogP) is 2.93. The molecule has 1 saturated heterocycles. The van der Waals surface area contributed by atoms with Crippen LogP contribution in [-0.2, 0) is 13.2 Å². The number of aromatic nitrogens is 1. The number of ether oxygens (including phenoxy) is 1. The van der Waals surface area contributed by atoms with Crippen molar-refractivity contribution in [1.29, 1.82) is 0 Å². The van der Waals surface area contributed by atoms with E-state index in [1.165, 1.54) is 0 Å². The molecule has 142 valence electrons. The maximum absolute atomic E-state index is 12.4. The van der Waals surface area contributed by atoms with Crippen molar-refractivity contribution in [3.63, 3.8) is 0 Å². The number of aliphatic hydroxyl groups excluding tert-OH is 1. The molecule has 6 nitrogen and oxygen atoms in total. The molecule has 0 unspecified atom stereocenters. The van der Waals surface area contributed by atoms with E-state index in [1.807, 2.05) is 42.5 Å². The average Bonchev–Trinajstić information content (AvgIpc) is 3.03. The first-order chi connectivity index (χ1) is 13.2. The molecule has 0 spiro atoms. The molecule has 0 saturated carbocycles. The maximum Gasteiger partial charge on any atom is 0.420 e. The number of piperidine rings is 1. The second kappa shape index (κ2) is 7.58. The van der Waals surface area contributed by atoms with Gasteiger partial charge in [-0.2, -0.15) is 0 Å². The van der Waals surface area contributed by atoms with Crippen molar-refractivity contribution < 1.29 is 14.3 Å². The first-order valence-corrected chi connectivity index (χ1v) is 9.28. The van der Waals surface area contributed by atoms with Crippen LogP contribution < -0.4 is 10.5 Å². The van der Waals surface area contributed by atoms with Crippen molar-refractivity contribution in [1.82, 2.24) is 9.47 Å². The monoisotopic (exact) mass is 368 g/mol. The fraction of sp³-hybridized carbons (Fsp3) is 0.381. The van der Waals surface area contributed by atoms with Crippen LogP contribution in [0.2, 0.25) is 0 Å². The molecule has 1 aromatic heterocycles. The zero-order chi connectivity index (χ0) is 18.8. The number of methoxy groups -OCH3 is 1. The summed E-state index contributed by atoms with van der Waals surface area (Å²) in [6.45, 7) is 2.51. The fourth-order valence-electron chi connectivity index (χ4n) is 4.03. The largest absolute Gasteiger partial charge is 0.496 e. The highest BCUT2D eigenvalue weighted by atomic mass is 16.5. The van der Waals surface area contributed by atoms with Gasteiger partial charge in [0.2, 0.25) is 0 Å². The number of rotatable bonds is 5. The lowest BCUT2D eigenvalue weighted by Gasteiger charge is -2.33. The standard InChI is InChI=1S/C21H24N2O4/c1-26-19-9-8-15(11-16(19)14-24)12-22-10-4-5-17(13-22)23-18-6-2-3-7-20(18)27-21(23)25/h2-3,6-9,11,17,24H,4-5,10,12-14H2,1H3/t17-/m1/s1. The Morgan fingerprint density at radius 1 is 1.26 bits per heavy atom. The number of hydrogen-bond acceptors (Lipinski definition) is 5. The van der Waals surface area contributed by atoms with E-state index in [2.05, 4.69) is 4.90 Å². The lowest BCUT2D eigenvalue weighted by atomic mass is 10.0. The van der Waals surface area contributed by atoms with Gasteiger partial charge in [0.1, 0.15) is 5.75 Å². The second-order valence-corrected chi connectivity index (χ2v) is 7.04. The molecule has 2 aromatic carbocycles. The summed E-state index contributed by atoms with van der Waals surface area (Å²) in [4.78, 5) is 14.7. The molecule has 1 aliphatic rings. The van der Waals surface area contributed by atoms with E-state index in [0.717, 1.165) is 49.1 Å². The van der Waals surface area contributed by atoms with Gasteiger partial charge in [0.05, 0.1) is 25.3 Å². The van der Waals surface area contributed by atoms with E-state index in [9.17, 15) is 9.90 Å². The molecular weight excluding hydrogens is 344 g/mol. The van der Waals surface area contributed by atoms with Crippen LogP contribution in [0.15, 0.2) is 51.7 Å². The van der Waals surface area contributed by atoms with Crippen molar-refractivity contribution in [2.24, 2.45) is 0 Å². The summed E-state index contributed by atoms with van der Waals surface area (Å²) in [7, 11) is 1.61. The van der Waals surface area contributed by atoms with E-state index in [-0.39, 0.29) is 18.4 Å². The Bertz CT molecular complexity index is 991. The van der Waals surface area contributed by atoms with E-state index >= 15 is 0 Å². The molecule has 1 N–H and O–H groups in total. The Morgan fingerprint density at radius 2 is 2.11 bits per heavy atom. The van der Waals surface area contributed by atoms with Gasteiger partial charge in [-0.3, -0.25) is 9.47 Å². The van der Waals surface area contributed by atoms with Gasteiger partial charge in [-0.25, -0.2) is 4.79 Å². The molecule has 0 radical (unpaired) electrons. The Labute approximate surface area is 157 Å². The Morgan fingerprint density at radius 3 is 2.93 bits per heavy atom. The highest BCUT2D eigenvalue weighted by Crippen LogP contribution is 2.27. The van der Waals surface area contributed by atoms with Gasteiger partial charge in [0.15, 0.2) is 5.58 Å². The lowest BCUT2D eigenvalue weighted by Crippen LogP contribution is -2.38. The predicted molar refractivity (Wildman–Crippen MR) is 103 cm³/mol. The van der Waals surface area contributed by atoms with E-state index in [1.54, 1.807) is 11.7 Å². The topological polar surface area (TPSA) is 67.8 Å². The zero-order valence-electron chi connectivity index (χ0n) is 15.4. The number of likely N-dealkylation sites (tertiary alicyclic amines) is 1. The summed E-state index contributed by atoms with van der Waals surface area (Å²) in [5, 5.41) is 9.54. The second-order valence-electron chi connectivity index (χ2n) is 7.04. The summed E-state index contributed by atoms with van der Waals surface area (Å²) in [5.74, 6) is 0.421. The van der Waals surface area contributed by atoms with Crippen LogP contribution in [0.25, 0.3) is 11.1 Å². The smallest absolute Gasteiger partial charge is 0.420 e. The molecule has 6 heteroatoms. The molecule has 2 heterocycles. The molecular formula is C21H24N2O4. The van der Waals surface area contributed by atoms with Gasteiger partial charge in [0, 0.05) is 18.7 Å². The number of aliphatic hydroxyl groups is 1. The van der Waals surface area contributed by atoms with Gasteiger partial charge in [0.25, 0.3) is 0 Å². The van der Waals surface area contributed by atoms with Crippen molar-refractivity contribution in [2.75, 3.05) is 20.2 Å². The summed E-state index contributed by atoms with van der Waals surface area (Å²) in [6, 6.07) is 13.6. The summed E-state index contributed by atoms with van der Waals surface area (Å²) in [6.07, 6.45) is 1.99. The Hall–Kier alpha value is -2.57. The number of fused-ring (bicyclic) bond motifs is 1. The van der Waals surface area contributed by atoms with Crippen molar-refractivity contribution in [2.45, 2.75) is 32.0 Å². The van der Waals surface area contributed by atoms with Crippen LogP contribution in [-0.4, -0.2) is 34.8 Å². The van der Waals surface area contributed by atoms with Crippen LogP contribution in [0.4, 0.5) is 0 Å². The van der Waals surface area contributed by atoms with Crippen molar-refractivity contribution in [3.8, 4) is 5.75 Å². The molecule has 0 bridgehead atoms. The lowest BCUT2D eigenvalue weighted by molar-refractivity contribution is 0.167. The third-order valence-corrected chi connectivity index (χ3v) is 5.29. The van der Waals surface area contributed by atoms with Crippen LogP contribution in [0.1, 0.15) is 30.0 Å². The van der Waals surface area contributed by atoms with Crippen molar-refractivity contribution in [3.05, 3.63) is 64.1 Å². The molecule has 0 aliphatic carbocycles. The summed E-state index contributed by atoms with van der Waals surface area (Å²) in [5.41, 5.74) is 3.43. The zero-order valence-corrected chi connectivity index (χ0v) is 15.4. The molecule has 1 atom stereocenters. The number of benzene rings is 2. The molecule has 27 heavy (non-hydrogen) atoms. The molecule has 4 rings (SSSR count). The first kappa shape index (κ1) is 17.8. The van der Waals surface area contributed by atoms with E-state index < -0.39 is 0 Å². The maximum atomic E-state index is 12.4. The van der Waals surface area contributed by atoms with Gasteiger partial charge < -0.3 is 14.3 Å². The Kier molecular flexibility index (Phi) is 5.01. The van der Waals surface area contributed by atoms with Crippen LogP contribution in [0.5, 0.6) is 5.75 Å².